The van der Waals surface area contributed by atoms with Crippen molar-refractivity contribution in [1.29, 1.82) is 0 Å². The minimum atomic E-state index is -3.63. The molecule has 6 heteroatoms. The van der Waals surface area contributed by atoms with E-state index in [4.69, 9.17) is 0 Å². The summed E-state index contributed by atoms with van der Waals surface area (Å²) in [7, 11) is -0.481. The quantitative estimate of drug-likeness (QED) is 0.846. The second kappa shape index (κ2) is 6.01. The molecular weight excluding hydrogens is 300 g/mol. The molecule has 22 heavy (non-hydrogen) atoms. The fraction of sp³-hybridized carbons (Fsp3) is 0.562. The van der Waals surface area contributed by atoms with Gasteiger partial charge < -0.3 is 4.90 Å². The number of carbonyl (C=O) groups is 1. The highest BCUT2D eigenvalue weighted by atomic mass is 32.2. The van der Waals surface area contributed by atoms with Crippen LogP contribution >= 0.6 is 0 Å². The molecule has 2 rings (SSSR count). The van der Waals surface area contributed by atoms with Crippen LogP contribution in [0.15, 0.2) is 12.1 Å². The van der Waals surface area contributed by atoms with Crippen LogP contribution in [0.3, 0.4) is 0 Å². The molecule has 1 amide bonds. The maximum Gasteiger partial charge on any atom is 0.241 e. The maximum atomic E-state index is 12.7. The van der Waals surface area contributed by atoms with Crippen molar-refractivity contribution in [2.24, 2.45) is 0 Å². The maximum absolute atomic E-state index is 12.7. The first-order chi connectivity index (χ1) is 10.1. The molecule has 5 nitrogen and oxygen atoms in total. The molecule has 1 aromatic carbocycles. The molecule has 1 atom stereocenters. The van der Waals surface area contributed by atoms with Gasteiger partial charge in [0.25, 0.3) is 0 Å². The third kappa shape index (κ3) is 3.03. The number of benzene rings is 1. The number of aryl methyl sites for hydroxylation is 2. The Labute approximate surface area is 133 Å². The molecule has 122 valence electrons. The summed E-state index contributed by atoms with van der Waals surface area (Å²) in [6.07, 6.45) is 0.694. The van der Waals surface area contributed by atoms with E-state index in [1.807, 2.05) is 13.8 Å². The monoisotopic (exact) mass is 324 g/mol. The van der Waals surface area contributed by atoms with Crippen LogP contribution in [-0.4, -0.2) is 49.4 Å². The Morgan fingerprint density at radius 3 is 2.50 bits per heavy atom. The third-order valence-electron chi connectivity index (χ3n) is 4.27. The second-order valence-corrected chi connectivity index (χ2v) is 8.48. The first kappa shape index (κ1) is 17.0. The number of hydrogen-bond donors (Lipinski definition) is 0. The van der Waals surface area contributed by atoms with Crippen molar-refractivity contribution in [2.75, 3.05) is 20.6 Å². The first-order valence-corrected chi connectivity index (χ1v) is 8.94. The molecule has 0 saturated heterocycles. The molecule has 0 bridgehead atoms. The second-order valence-electron chi connectivity index (χ2n) is 6.22. The molecule has 0 fully saturated rings. The Kier molecular flexibility index (Phi) is 4.63. The molecule has 0 N–H and O–H groups in total. The zero-order chi connectivity index (χ0) is 16.7. The van der Waals surface area contributed by atoms with E-state index in [0.29, 0.717) is 19.5 Å². The number of amides is 1. The van der Waals surface area contributed by atoms with Crippen LogP contribution in [0.4, 0.5) is 0 Å². The van der Waals surface area contributed by atoms with Crippen LogP contribution in [0.2, 0.25) is 0 Å². The first-order valence-electron chi connectivity index (χ1n) is 7.43. The van der Waals surface area contributed by atoms with Gasteiger partial charge in [0.1, 0.15) is 0 Å². The minimum Gasteiger partial charge on any atom is -0.348 e. The highest BCUT2D eigenvalue weighted by molar-refractivity contribution is 7.90. The summed E-state index contributed by atoms with van der Waals surface area (Å²) in [6.45, 7) is 6.32. The van der Waals surface area contributed by atoms with Gasteiger partial charge in [0, 0.05) is 27.2 Å². The van der Waals surface area contributed by atoms with Gasteiger partial charge in [0.2, 0.25) is 15.9 Å². The van der Waals surface area contributed by atoms with Crippen LogP contribution in [-0.2, 0) is 27.8 Å². The Bertz CT molecular complexity index is 696. The highest BCUT2D eigenvalue weighted by Gasteiger charge is 2.36. The van der Waals surface area contributed by atoms with Crippen molar-refractivity contribution in [1.82, 2.24) is 9.21 Å². The van der Waals surface area contributed by atoms with E-state index in [2.05, 4.69) is 12.1 Å². The van der Waals surface area contributed by atoms with E-state index in [0.717, 1.165) is 11.1 Å². The van der Waals surface area contributed by atoms with E-state index in [9.17, 15) is 13.2 Å². The molecule has 0 aliphatic carbocycles. The molecule has 1 aliphatic heterocycles. The van der Waals surface area contributed by atoms with Gasteiger partial charge in [-0.3, -0.25) is 4.79 Å². The zero-order valence-electron chi connectivity index (χ0n) is 13.9. The van der Waals surface area contributed by atoms with Gasteiger partial charge in [-0.1, -0.05) is 17.7 Å². The topological polar surface area (TPSA) is 57.7 Å². The molecule has 0 aromatic heterocycles. The number of fused-ring (bicyclic) bond motifs is 1. The van der Waals surface area contributed by atoms with Gasteiger partial charge >= 0.3 is 0 Å². The Morgan fingerprint density at radius 2 is 1.91 bits per heavy atom. The zero-order valence-corrected chi connectivity index (χ0v) is 14.7. The van der Waals surface area contributed by atoms with Crippen molar-refractivity contribution >= 4 is 15.9 Å². The summed E-state index contributed by atoms with van der Waals surface area (Å²) in [6, 6.07) is 4.20. The standard InChI is InChI=1S/C16H24N2O3S/c1-11-8-12(2)15-10-18(7-6-14(15)9-11)22(20,21)13(3)16(19)17(4)5/h8-9,13H,6-7,10H2,1-5H3. The van der Waals surface area contributed by atoms with Crippen LogP contribution in [0.25, 0.3) is 0 Å². The summed E-state index contributed by atoms with van der Waals surface area (Å²) < 4.78 is 26.8. The van der Waals surface area contributed by atoms with E-state index in [-0.39, 0.29) is 5.91 Å². The van der Waals surface area contributed by atoms with E-state index in [1.54, 1.807) is 14.1 Å². The Morgan fingerprint density at radius 1 is 1.27 bits per heavy atom. The summed E-state index contributed by atoms with van der Waals surface area (Å²) in [5.74, 6) is -0.383. The van der Waals surface area contributed by atoms with E-state index < -0.39 is 15.3 Å². The number of hydrogen-bond acceptors (Lipinski definition) is 3. The summed E-state index contributed by atoms with van der Waals surface area (Å²) in [4.78, 5) is 13.3. The smallest absolute Gasteiger partial charge is 0.241 e. The molecule has 1 aliphatic rings. The summed E-state index contributed by atoms with van der Waals surface area (Å²) >= 11 is 0. The number of carbonyl (C=O) groups excluding carboxylic acids is 1. The van der Waals surface area contributed by atoms with Gasteiger partial charge in [-0.2, -0.15) is 4.31 Å². The molecule has 0 spiro atoms. The average molecular weight is 324 g/mol. The van der Waals surface area contributed by atoms with Crippen molar-refractivity contribution < 1.29 is 13.2 Å². The average Bonchev–Trinajstić information content (AvgIpc) is 2.44. The van der Waals surface area contributed by atoms with Crippen LogP contribution in [0.1, 0.15) is 29.2 Å². The molecule has 1 heterocycles. The molecular formula is C16H24N2O3S. The number of rotatable bonds is 3. The molecule has 1 aromatic rings. The third-order valence-corrected chi connectivity index (χ3v) is 6.40. The van der Waals surface area contributed by atoms with Gasteiger partial charge in [-0.15, -0.1) is 0 Å². The van der Waals surface area contributed by atoms with E-state index >= 15 is 0 Å². The lowest BCUT2D eigenvalue weighted by Gasteiger charge is -2.31. The Hall–Kier alpha value is -1.40. The minimum absolute atomic E-state index is 0.356. The van der Waals surface area contributed by atoms with E-state index in [1.165, 1.54) is 27.3 Å². The van der Waals surface area contributed by atoms with Crippen molar-refractivity contribution in [3.8, 4) is 0 Å². The fourth-order valence-corrected chi connectivity index (χ4v) is 4.53. The molecule has 1 unspecified atom stereocenters. The van der Waals surface area contributed by atoms with Gasteiger partial charge in [-0.05, 0) is 43.9 Å². The van der Waals surface area contributed by atoms with Crippen LogP contribution in [0.5, 0.6) is 0 Å². The number of sulfonamides is 1. The van der Waals surface area contributed by atoms with Crippen molar-refractivity contribution in [3.63, 3.8) is 0 Å². The normalized spacial score (nSPS) is 17.0. The predicted molar refractivity (Wildman–Crippen MR) is 87.1 cm³/mol. The van der Waals surface area contributed by atoms with Crippen LogP contribution < -0.4 is 0 Å². The van der Waals surface area contributed by atoms with Gasteiger partial charge in [0.15, 0.2) is 5.25 Å². The van der Waals surface area contributed by atoms with Gasteiger partial charge in [0.05, 0.1) is 0 Å². The number of nitrogens with zero attached hydrogens (tertiary/aromatic N) is 2. The lowest BCUT2D eigenvalue weighted by atomic mass is 9.94. The lowest BCUT2D eigenvalue weighted by Crippen LogP contribution is -2.46. The summed E-state index contributed by atoms with van der Waals surface area (Å²) in [5.41, 5.74) is 4.60. The molecule has 0 radical (unpaired) electrons. The van der Waals surface area contributed by atoms with Crippen molar-refractivity contribution in [2.45, 2.75) is 39.0 Å². The van der Waals surface area contributed by atoms with Gasteiger partial charge in [-0.25, -0.2) is 8.42 Å². The largest absolute Gasteiger partial charge is 0.348 e. The highest BCUT2D eigenvalue weighted by Crippen LogP contribution is 2.27. The van der Waals surface area contributed by atoms with Crippen LogP contribution in [0, 0.1) is 13.8 Å². The predicted octanol–water partition coefficient (Wildman–Crippen LogP) is 1.47. The molecule has 0 saturated carbocycles. The summed E-state index contributed by atoms with van der Waals surface area (Å²) in [5, 5.41) is -1.05. The fourth-order valence-electron chi connectivity index (χ4n) is 2.97. The van der Waals surface area contributed by atoms with Crippen molar-refractivity contribution in [3.05, 3.63) is 34.4 Å². The lowest BCUT2D eigenvalue weighted by molar-refractivity contribution is -0.128. The Balaban J connectivity index is 2.30. The SMILES string of the molecule is Cc1cc(C)c2c(c1)CCN(S(=O)(=O)C(C)C(=O)N(C)C)C2.